The zero-order valence-electron chi connectivity index (χ0n) is 11.4. The second kappa shape index (κ2) is 7.05. The van der Waals surface area contributed by atoms with Crippen LogP contribution in [0.3, 0.4) is 0 Å². The highest BCUT2D eigenvalue weighted by Gasteiger charge is 2.20. The normalized spacial score (nSPS) is 13.1. The molecule has 0 aliphatic carbocycles. The lowest BCUT2D eigenvalue weighted by atomic mass is 10.1. The molecule has 1 unspecified atom stereocenters. The molecular formula is C15H15Br2NO2S. The van der Waals surface area contributed by atoms with Crippen LogP contribution in [0.5, 0.6) is 0 Å². The first kappa shape index (κ1) is 16.7. The number of hydrogen-bond acceptors (Lipinski definition) is 2. The molecule has 2 aromatic carbocycles. The molecule has 0 aliphatic rings. The third-order valence-electron chi connectivity index (χ3n) is 2.92. The van der Waals surface area contributed by atoms with Gasteiger partial charge in [-0.1, -0.05) is 46.3 Å². The maximum Gasteiger partial charge on any atom is 0.241 e. The molecule has 0 bridgehead atoms. The summed E-state index contributed by atoms with van der Waals surface area (Å²) < 4.78 is 28.9. The molecule has 2 aromatic rings. The van der Waals surface area contributed by atoms with E-state index in [0.717, 1.165) is 10.0 Å². The fourth-order valence-electron chi connectivity index (χ4n) is 2.02. The quantitative estimate of drug-likeness (QED) is 0.772. The summed E-state index contributed by atoms with van der Waals surface area (Å²) in [6.07, 6.45) is 0.645. The van der Waals surface area contributed by atoms with Gasteiger partial charge < -0.3 is 0 Å². The van der Waals surface area contributed by atoms with Crippen LogP contribution in [-0.2, 0) is 16.4 Å². The van der Waals surface area contributed by atoms with Crippen LogP contribution in [-0.4, -0.2) is 14.5 Å². The van der Waals surface area contributed by atoms with Gasteiger partial charge in [0.25, 0.3) is 0 Å². The van der Waals surface area contributed by atoms with Crippen molar-refractivity contribution in [3.05, 3.63) is 63.0 Å². The largest absolute Gasteiger partial charge is 0.241 e. The van der Waals surface area contributed by atoms with Crippen molar-refractivity contribution in [1.82, 2.24) is 4.72 Å². The van der Waals surface area contributed by atoms with E-state index in [1.165, 1.54) is 0 Å². The molecule has 0 saturated heterocycles. The van der Waals surface area contributed by atoms with Gasteiger partial charge in [0.2, 0.25) is 10.0 Å². The second-order valence-corrected chi connectivity index (χ2v) is 8.24. The summed E-state index contributed by atoms with van der Waals surface area (Å²) in [7, 11) is -3.56. The van der Waals surface area contributed by atoms with Crippen molar-refractivity contribution in [1.29, 1.82) is 0 Å². The van der Waals surface area contributed by atoms with Crippen LogP contribution >= 0.6 is 31.9 Å². The summed E-state index contributed by atoms with van der Waals surface area (Å²) in [5, 5.41) is 0. The molecule has 21 heavy (non-hydrogen) atoms. The Hall–Kier alpha value is -0.690. The minimum atomic E-state index is -3.56. The first-order valence-electron chi connectivity index (χ1n) is 6.40. The van der Waals surface area contributed by atoms with Crippen molar-refractivity contribution in [3.8, 4) is 0 Å². The summed E-state index contributed by atoms with van der Waals surface area (Å²) in [5.41, 5.74) is 1.10. The molecule has 0 radical (unpaired) electrons. The highest BCUT2D eigenvalue weighted by Crippen LogP contribution is 2.25. The van der Waals surface area contributed by atoms with Gasteiger partial charge in [-0.3, -0.25) is 0 Å². The van der Waals surface area contributed by atoms with Crippen molar-refractivity contribution in [3.63, 3.8) is 0 Å². The molecule has 0 aliphatic heterocycles. The second-order valence-electron chi connectivity index (χ2n) is 4.79. The van der Waals surface area contributed by atoms with E-state index in [1.807, 2.05) is 37.3 Å². The average Bonchev–Trinajstić information content (AvgIpc) is 2.41. The first-order valence-corrected chi connectivity index (χ1v) is 9.47. The molecule has 0 fully saturated rings. The van der Waals surface area contributed by atoms with E-state index < -0.39 is 10.0 Å². The van der Waals surface area contributed by atoms with E-state index in [-0.39, 0.29) is 10.9 Å². The summed E-state index contributed by atoms with van der Waals surface area (Å²) in [6.45, 7) is 1.86. The first-order chi connectivity index (χ1) is 9.88. The Labute approximate surface area is 142 Å². The van der Waals surface area contributed by atoms with Crippen LogP contribution in [0.2, 0.25) is 0 Å². The number of rotatable bonds is 5. The van der Waals surface area contributed by atoms with Gasteiger partial charge in [-0.25, -0.2) is 13.1 Å². The molecule has 0 spiro atoms. The highest BCUT2D eigenvalue weighted by molar-refractivity contribution is 9.11. The van der Waals surface area contributed by atoms with Crippen LogP contribution in [0.4, 0.5) is 0 Å². The van der Waals surface area contributed by atoms with Gasteiger partial charge in [-0.2, -0.15) is 0 Å². The van der Waals surface area contributed by atoms with Crippen molar-refractivity contribution in [2.75, 3.05) is 0 Å². The summed E-state index contributed by atoms with van der Waals surface area (Å²) >= 11 is 6.58. The molecule has 1 atom stereocenters. The Balaban J connectivity index is 2.15. The van der Waals surface area contributed by atoms with Crippen molar-refractivity contribution in [2.24, 2.45) is 0 Å². The topological polar surface area (TPSA) is 46.2 Å². The third kappa shape index (κ3) is 4.64. The van der Waals surface area contributed by atoms with Gasteiger partial charge in [0, 0.05) is 15.0 Å². The lowest BCUT2D eigenvalue weighted by Crippen LogP contribution is -2.34. The maximum atomic E-state index is 12.4. The van der Waals surface area contributed by atoms with E-state index >= 15 is 0 Å². The number of sulfonamides is 1. The highest BCUT2D eigenvalue weighted by atomic mass is 79.9. The van der Waals surface area contributed by atoms with Gasteiger partial charge in [-0.05, 0) is 53.0 Å². The van der Waals surface area contributed by atoms with E-state index in [9.17, 15) is 8.42 Å². The van der Waals surface area contributed by atoms with Gasteiger partial charge in [-0.15, -0.1) is 0 Å². The van der Waals surface area contributed by atoms with Gasteiger partial charge in [0.1, 0.15) is 0 Å². The monoisotopic (exact) mass is 431 g/mol. The Morgan fingerprint density at radius 3 is 2.43 bits per heavy atom. The molecule has 112 valence electrons. The zero-order valence-corrected chi connectivity index (χ0v) is 15.4. The van der Waals surface area contributed by atoms with Crippen molar-refractivity contribution >= 4 is 41.9 Å². The predicted octanol–water partition coefficient (Wildman–Crippen LogP) is 4.12. The lowest BCUT2D eigenvalue weighted by Gasteiger charge is -2.15. The molecule has 0 heterocycles. The maximum absolute atomic E-state index is 12.4. The standard InChI is InChI=1S/C15H15Br2NO2S/c1-11(9-12-5-3-2-4-6-12)18-21(19,20)15-10-13(16)7-8-14(15)17/h2-8,10-11,18H,9H2,1H3. The number of nitrogens with one attached hydrogen (secondary N) is 1. The average molecular weight is 433 g/mol. The Morgan fingerprint density at radius 1 is 1.10 bits per heavy atom. The number of benzene rings is 2. The van der Waals surface area contributed by atoms with E-state index in [2.05, 4.69) is 36.6 Å². The minimum absolute atomic E-state index is 0.191. The number of hydrogen-bond donors (Lipinski definition) is 1. The van der Waals surface area contributed by atoms with Crippen LogP contribution in [0.25, 0.3) is 0 Å². The van der Waals surface area contributed by atoms with Crippen molar-refractivity contribution < 1.29 is 8.42 Å². The van der Waals surface area contributed by atoms with E-state index in [4.69, 9.17) is 0 Å². The SMILES string of the molecule is CC(Cc1ccccc1)NS(=O)(=O)c1cc(Br)ccc1Br. The van der Waals surface area contributed by atoms with Crippen LogP contribution < -0.4 is 4.72 Å². The fraction of sp³-hybridized carbons (Fsp3) is 0.200. The Kier molecular flexibility index (Phi) is 5.60. The molecule has 3 nitrogen and oxygen atoms in total. The molecule has 0 saturated carbocycles. The zero-order chi connectivity index (χ0) is 15.5. The summed E-state index contributed by atoms with van der Waals surface area (Å²) in [5.74, 6) is 0. The van der Waals surface area contributed by atoms with Gasteiger partial charge in [0.05, 0.1) is 4.90 Å². The van der Waals surface area contributed by atoms with Crippen LogP contribution in [0, 0.1) is 0 Å². The molecule has 6 heteroatoms. The van der Waals surface area contributed by atoms with E-state index in [0.29, 0.717) is 10.9 Å². The van der Waals surface area contributed by atoms with Crippen molar-refractivity contribution in [2.45, 2.75) is 24.3 Å². The molecule has 2 rings (SSSR count). The Bertz CT molecular complexity index is 718. The number of halogens is 2. The molecular weight excluding hydrogens is 418 g/mol. The minimum Gasteiger partial charge on any atom is -0.208 e. The molecule has 1 N–H and O–H groups in total. The lowest BCUT2D eigenvalue weighted by molar-refractivity contribution is 0.559. The fourth-order valence-corrected chi connectivity index (χ4v) is 4.77. The molecule has 0 amide bonds. The van der Waals surface area contributed by atoms with Crippen LogP contribution in [0.1, 0.15) is 12.5 Å². The predicted molar refractivity (Wildman–Crippen MR) is 91.8 cm³/mol. The summed E-state index contributed by atoms with van der Waals surface area (Å²) in [4.78, 5) is 0.233. The van der Waals surface area contributed by atoms with Gasteiger partial charge >= 0.3 is 0 Å². The summed E-state index contributed by atoms with van der Waals surface area (Å²) in [6, 6.07) is 14.7. The Morgan fingerprint density at radius 2 is 1.76 bits per heavy atom. The van der Waals surface area contributed by atoms with Gasteiger partial charge in [0.15, 0.2) is 0 Å². The van der Waals surface area contributed by atoms with Crippen LogP contribution in [0.15, 0.2) is 62.4 Å². The third-order valence-corrected chi connectivity index (χ3v) is 6.00. The molecule has 0 aromatic heterocycles. The smallest absolute Gasteiger partial charge is 0.208 e. The van der Waals surface area contributed by atoms with E-state index in [1.54, 1.807) is 18.2 Å².